The molecule has 0 bridgehead atoms. The Balaban J connectivity index is 2.27. The lowest BCUT2D eigenvalue weighted by atomic mass is 9.74. The molecule has 88 valence electrons. The number of benzene rings is 1. The minimum atomic E-state index is 0.167. The molecule has 2 aliphatic rings. The second kappa shape index (κ2) is 3.13. The average molecular weight is 224 g/mol. The standard InChI is InChI=1S/C17H20/c1-16(2)10-9-13-12-7-5-6-8-14(12)17(3,4)15(13)11-16/h5-9,11H,10H2,1-4H3. The van der Waals surface area contributed by atoms with Crippen molar-refractivity contribution in [3.05, 3.63) is 53.1 Å². The first-order valence-electron chi connectivity index (χ1n) is 6.46. The molecule has 0 atom stereocenters. The number of rotatable bonds is 0. The summed E-state index contributed by atoms with van der Waals surface area (Å²) in [4.78, 5) is 0. The summed E-state index contributed by atoms with van der Waals surface area (Å²) in [7, 11) is 0. The lowest BCUT2D eigenvalue weighted by Crippen LogP contribution is -2.20. The third-order valence-electron chi connectivity index (χ3n) is 4.22. The summed E-state index contributed by atoms with van der Waals surface area (Å²) < 4.78 is 0. The molecule has 2 aliphatic carbocycles. The van der Waals surface area contributed by atoms with Crippen molar-refractivity contribution in [2.24, 2.45) is 5.41 Å². The van der Waals surface area contributed by atoms with Crippen LogP contribution in [0.4, 0.5) is 0 Å². The van der Waals surface area contributed by atoms with Crippen LogP contribution in [0.1, 0.15) is 45.2 Å². The molecule has 0 unspecified atom stereocenters. The van der Waals surface area contributed by atoms with Gasteiger partial charge in [0.1, 0.15) is 0 Å². The van der Waals surface area contributed by atoms with Gasteiger partial charge in [-0.3, -0.25) is 0 Å². The van der Waals surface area contributed by atoms with Gasteiger partial charge in [-0.05, 0) is 34.1 Å². The third kappa shape index (κ3) is 1.43. The molecule has 0 N–H and O–H groups in total. The van der Waals surface area contributed by atoms with Crippen molar-refractivity contribution in [3.8, 4) is 0 Å². The molecule has 0 heteroatoms. The Bertz CT molecular complexity index is 539. The maximum absolute atomic E-state index is 2.49. The Morgan fingerprint density at radius 3 is 2.47 bits per heavy atom. The SMILES string of the molecule is CC1(C)C=C2C(=CC1)c1ccccc1C2(C)C. The molecule has 0 nitrogen and oxygen atoms in total. The van der Waals surface area contributed by atoms with Crippen molar-refractivity contribution in [2.75, 3.05) is 0 Å². The van der Waals surface area contributed by atoms with E-state index in [9.17, 15) is 0 Å². The first-order valence-corrected chi connectivity index (χ1v) is 6.46. The van der Waals surface area contributed by atoms with Crippen molar-refractivity contribution in [3.63, 3.8) is 0 Å². The lowest BCUT2D eigenvalue weighted by molar-refractivity contribution is 0.472. The Labute approximate surface area is 104 Å². The predicted octanol–water partition coefficient (Wildman–Crippen LogP) is 4.72. The van der Waals surface area contributed by atoms with Crippen molar-refractivity contribution < 1.29 is 0 Å². The van der Waals surface area contributed by atoms with Crippen LogP contribution >= 0.6 is 0 Å². The van der Waals surface area contributed by atoms with E-state index in [2.05, 4.69) is 64.1 Å². The fraction of sp³-hybridized carbons (Fsp3) is 0.412. The Kier molecular flexibility index (Phi) is 1.99. The van der Waals surface area contributed by atoms with E-state index in [1.807, 2.05) is 0 Å². The highest BCUT2D eigenvalue weighted by atomic mass is 14.4. The van der Waals surface area contributed by atoms with E-state index in [4.69, 9.17) is 0 Å². The highest BCUT2D eigenvalue weighted by molar-refractivity contribution is 5.90. The van der Waals surface area contributed by atoms with Crippen molar-refractivity contribution in [1.29, 1.82) is 0 Å². The van der Waals surface area contributed by atoms with Crippen LogP contribution in [0.3, 0.4) is 0 Å². The molecule has 1 aromatic rings. The molecule has 0 saturated carbocycles. The van der Waals surface area contributed by atoms with E-state index in [0.717, 1.165) is 6.42 Å². The lowest BCUT2D eigenvalue weighted by Gasteiger charge is -2.30. The molecular formula is C17H20. The summed E-state index contributed by atoms with van der Waals surface area (Å²) in [6, 6.07) is 8.85. The number of hydrogen-bond donors (Lipinski definition) is 0. The molecule has 0 saturated heterocycles. The minimum absolute atomic E-state index is 0.167. The van der Waals surface area contributed by atoms with Crippen LogP contribution in [-0.2, 0) is 5.41 Å². The Morgan fingerprint density at radius 1 is 1.00 bits per heavy atom. The first-order chi connectivity index (χ1) is 7.92. The van der Waals surface area contributed by atoms with E-state index in [1.54, 1.807) is 0 Å². The number of hydrogen-bond acceptors (Lipinski definition) is 0. The molecule has 0 aromatic heterocycles. The molecule has 1 aromatic carbocycles. The molecular weight excluding hydrogens is 204 g/mol. The van der Waals surface area contributed by atoms with Crippen molar-refractivity contribution in [1.82, 2.24) is 0 Å². The van der Waals surface area contributed by atoms with Gasteiger partial charge in [-0.25, -0.2) is 0 Å². The van der Waals surface area contributed by atoms with Gasteiger partial charge in [-0.2, -0.15) is 0 Å². The maximum atomic E-state index is 2.49. The van der Waals surface area contributed by atoms with Gasteiger partial charge in [-0.15, -0.1) is 0 Å². The van der Waals surface area contributed by atoms with Gasteiger partial charge in [-0.1, -0.05) is 64.1 Å². The molecule has 0 heterocycles. The van der Waals surface area contributed by atoms with Gasteiger partial charge in [0.15, 0.2) is 0 Å². The minimum Gasteiger partial charge on any atom is -0.0755 e. The monoisotopic (exact) mass is 224 g/mol. The van der Waals surface area contributed by atoms with E-state index < -0.39 is 0 Å². The van der Waals surface area contributed by atoms with Gasteiger partial charge < -0.3 is 0 Å². The summed E-state index contributed by atoms with van der Waals surface area (Å²) in [5.41, 5.74) is 6.40. The Hall–Kier alpha value is -1.30. The quantitative estimate of drug-likeness (QED) is 0.598. The van der Waals surface area contributed by atoms with E-state index >= 15 is 0 Å². The highest BCUT2D eigenvalue weighted by Gasteiger charge is 2.40. The summed E-state index contributed by atoms with van der Waals surface area (Å²) in [5.74, 6) is 0. The van der Waals surface area contributed by atoms with Crippen LogP contribution in [0.25, 0.3) is 5.57 Å². The second-order valence-corrected chi connectivity index (χ2v) is 6.54. The zero-order valence-electron chi connectivity index (χ0n) is 11.2. The van der Waals surface area contributed by atoms with E-state index in [0.29, 0.717) is 5.41 Å². The predicted molar refractivity (Wildman–Crippen MR) is 73.9 cm³/mol. The normalized spacial score (nSPS) is 23.5. The largest absolute Gasteiger partial charge is 0.0755 e. The highest BCUT2D eigenvalue weighted by Crippen LogP contribution is 2.53. The zero-order chi connectivity index (χ0) is 12.3. The first kappa shape index (κ1) is 10.8. The van der Waals surface area contributed by atoms with Crippen LogP contribution in [0.5, 0.6) is 0 Å². The van der Waals surface area contributed by atoms with E-state index in [1.165, 1.54) is 22.3 Å². The molecule has 0 spiro atoms. The Morgan fingerprint density at radius 2 is 1.71 bits per heavy atom. The van der Waals surface area contributed by atoms with Gasteiger partial charge in [0.25, 0.3) is 0 Å². The molecule has 0 fully saturated rings. The van der Waals surface area contributed by atoms with Crippen molar-refractivity contribution >= 4 is 5.57 Å². The van der Waals surface area contributed by atoms with E-state index in [-0.39, 0.29) is 5.41 Å². The second-order valence-electron chi connectivity index (χ2n) is 6.54. The summed E-state index contributed by atoms with van der Waals surface area (Å²) >= 11 is 0. The van der Waals surface area contributed by atoms with Crippen LogP contribution in [0.15, 0.2) is 42.0 Å². The number of fused-ring (bicyclic) bond motifs is 3. The maximum Gasteiger partial charge on any atom is 0.0155 e. The fourth-order valence-electron chi connectivity index (χ4n) is 3.18. The van der Waals surface area contributed by atoms with Crippen LogP contribution in [0, 0.1) is 5.41 Å². The summed E-state index contributed by atoms with van der Waals surface area (Å²) in [5, 5.41) is 0. The molecule has 0 amide bonds. The molecule has 17 heavy (non-hydrogen) atoms. The van der Waals surface area contributed by atoms with Crippen LogP contribution < -0.4 is 0 Å². The summed E-state index contributed by atoms with van der Waals surface area (Å²) in [6.45, 7) is 9.35. The third-order valence-corrected chi connectivity index (χ3v) is 4.22. The van der Waals surface area contributed by atoms with Crippen LogP contribution in [-0.4, -0.2) is 0 Å². The average Bonchev–Trinajstić information content (AvgIpc) is 2.48. The number of allylic oxidation sites excluding steroid dienone is 4. The molecule has 0 radical (unpaired) electrons. The van der Waals surface area contributed by atoms with Gasteiger partial charge in [0.2, 0.25) is 0 Å². The fourth-order valence-corrected chi connectivity index (χ4v) is 3.18. The van der Waals surface area contributed by atoms with Gasteiger partial charge >= 0.3 is 0 Å². The topological polar surface area (TPSA) is 0 Å². The van der Waals surface area contributed by atoms with Crippen LogP contribution in [0.2, 0.25) is 0 Å². The van der Waals surface area contributed by atoms with Gasteiger partial charge in [0, 0.05) is 5.41 Å². The molecule has 3 rings (SSSR count). The summed E-state index contributed by atoms with van der Waals surface area (Å²) in [6.07, 6.45) is 6.07. The smallest absolute Gasteiger partial charge is 0.0155 e. The van der Waals surface area contributed by atoms with Gasteiger partial charge in [0.05, 0.1) is 0 Å². The van der Waals surface area contributed by atoms with Crippen molar-refractivity contribution in [2.45, 2.75) is 39.5 Å². The molecule has 0 aliphatic heterocycles. The zero-order valence-corrected chi connectivity index (χ0v) is 11.2.